The van der Waals surface area contributed by atoms with E-state index in [1.165, 1.54) is 11.5 Å². The number of nitrogens with zero attached hydrogens (tertiary/aromatic N) is 2. The van der Waals surface area contributed by atoms with E-state index >= 15 is 0 Å². The van der Waals surface area contributed by atoms with Gasteiger partial charge in [-0.2, -0.15) is 0 Å². The van der Waals surface area contributed by atoms with Crippen LogP contribution in [0.1, 0.15) is 26.0 Å². The van der Waals surface area contributed by atoms with Crippen LogP contribution >= 0.6 is 11.5 Å². The highest BCUT2D eigenvalue weighted by Crippen LogP contribution is 2.18. The average molecular weight is 245 g/mol. The Morgan fingerprint density at radius 2 is 2.06 bits per heavy atom. The summed E-state index contributed by atoms with van der Waals surface area (Å²) >= 11 is 1.37. The summed E-state index contributed by atoms with van der Waals surface area (Å²) in [6.45, 7) is 7.48. The first-order valence-electron chi connectivity index (χ1n) is 5.59. The van der Waals surface area contributed by atoms with E-state index in [0.717, 1.165) is 30.3 Å². The Kier molecular flexibility index (Phi) is 7.03. The van der Waals surface area contributed by atoms with Crippen molar-refractivity contribution in [1.29, 1.82) is 0 Å². The van der Waals surface area contributed by atoms with Crippen LogP contribution in [0.2, 0.25) is 0 Å². The van der Waals surface area contributed by atoms with E-state index in [0.29, 0.717) is 19.8 Å². The molecule has 0 unspecified atom stereocenters. The zero-order valence-electron chi connectivity index (χ0n) is 9.86. The Morgan fingerprint density at radius 1 is 1.25 bits per heavy atom. The molecule has 0 aliphatic rings. The molecule has 1 rings (SSSR count). The molecular formula is C10H19N3O2S. The number of anilines is 1. The Bertz CT molecular complexity index is 281. The van der Waals surface area contributed by atoms with Crippen molar-refractivity contribution in [3.8, 4) is 0 Å². The van der Waals surface area contributed by atoms with Crippen molar-refractivity contribution in [2.24, 2.45) is 0 Å². The summed E-state index contributed by atoms with van der Waals surface area (Å²) in [5.41, 5.74) is 0.884. The molecule has 0 aliphatic carbocycles. The minimum absolute atomic E-state index is 0.496. The van der Waals surface area contributed by atoms with Gasteiger partial charge in [-0.3, -0.25) is 0 Å². The fraction of sp³-hybridized carbons (Fsp3) is 0.800. The maximum absolute atomic E-state index is 5.44. The smallest absolute Gasteiger partial charge is 0.135 e. The average Bonchev–Trinajstić information content (AvgIpc) is 2.74. The molecule has 0 aromatic carbocycles. The molecular weight excluding hydrogens is 226 g/mol. The van der Waals surface area contributed by atoms with Crippen LogP contribution in [0.15, 0.2) is 0 Å². The summed E-state index contributed by atoms with van der Waals surface area (Å²) in [7, 11) is 0. The minimum atomic E-state index is 0.496. The zero-order chi connectivity index (χ0) is 11.6. The lowest BCUT2D eigenvalue weighted by Crippen LogP contribution is -2.06. The second-order valence-corrected chi connectivity index (χ2v) is 3.98. The fourth-order valence-electron chi connectivity index (χ4n) is 1.11. The molecule has 6 heteroatoms. The van der Waals surface area contributed by atoms with E-state index in [1.807, 2.05) is 6.92 Å². The van der Waals surface area contributed by atoms with Gasteiger partial charge in [-0.25, -0.2) is 0 Å². The zero-order valence-corrected chi connectivity index (χ0v) is 10.7. The van der Waals surface area contributed by atoms with E-state index in [9.17, 15) is 0 Å². The first-order chi connectivity index (χ1) is 7.88. The summed E-state index contributed by atoms with van der Waals surface area (Å²) in [6.07, 6.45) is 1.09. The summed E-state index contributed by atoms with van der Waals surface area (Å²) in [5.74, 6) is 0. The van der Waals surface area contributed by atoms with Gasteiger partial charge in [-0.15, -0.1) is 5.10 Å². The van der Waals surface area contributed by atoms with Crippen LogP contribution in [0.3, 0.4) is 0 Å². The van der Waals surface area contributed by atoms with Crippen LogP contribution in [-0.2, 0) is 16.1 Å². The largest absolute Gasteiger partial charge is 0.379 e. The highest BCUT2D eigenvalue weighted by atomic mass is 32.1. The molecule has 1 heterocycles. The molecule has 0 aliphatic heterocycles. The molecule has 0 bridgehead atoms. The topological polar surface area (TPSA) is 56.3 Å². The van der Waals surface area contributed by atoms with Crippen LogP contribution in [0.25, 0.3) is 0 Å². The third-order valence-electron chi connectivity index (χ3n) is 1.91. The van der Waals surface area contributed by atoms with Crippen LogP contribution < -0.4 is 5.32 Å². The Balaban J connectivity index is 2.22. The second-order valence-electron chi connectivity index (χ2n) is 3.23. The van der Waals surface area contributed by atoms with E-state index in [-0.39, 0.29) is 0 Å². The van der Waals surface area contributed by atoms with E-state index in [1.54, 1.807) is 0 Å². The first-order valence-corrected chi connectivity index (χ1v) is 6.36. The quantitative estimate of drug-likeness (QED) is 0.674. The number of rotatable bonds is 9. The van der Waals surface area contributed by atoms with Crippen LogP contribution in [0, 0.1) is 0 Å². The molecule has 1 aromatic heterocycles. The number of aromatic nitrogens is 2. The number of nitrogens with one attached hydrogen (secondary N) is 1. The third-order valence-corrected chi connectivity index (χ3v) is 2.63. The van der Waals surface area contributed by atoms with Crippen molar-refractivity contribution in [3.63, 3.8) is 0 Å². The van der Waals surface area contributed by atoms with Crippen LogP contribution in [0.4, 0.5) is 5.00 Å². The number of ether oxygens (including phenoxy) is 2. The molecule has 16 heavy (non-hydrogen) atoms. The van der Waals surface area contributed by atoms with Crippen molar-refractivity contribution in [3.05, 3.63) is 5.69 Å². The van der Waals surface area contributed by atoms with Crippen molar-refractivity contribution in [1.82, 2.24) is 9.59 Å². The van der Waals surface area contributed by atoms with E-state index in [2.05, 4.69) is 21.8 Å². The van der Waals surface area contributed by atoms with Crippen molar-refractivity contribution < 1.29 is 9.47 Å². The van der Waals surface area contributed by atoms with Gasteiger partial charge in [0.1, 0.15) is 10.7 Å². The Morgan fingerprint density at radius 3 is 2.81 bits per heavy atom. The maximum Gasteiger partial charge on any atom is 0.135 e. The molecule has 0 saturated carbocycles. The Hall–Kier alpha value is -0.720. The lowest BCUT2D eigenvalue weighted by atomic mass is 10.4. The molecule has 92 valence electrons. The summed E-state index contributed by atoms with van der Waals surface area (Å²) < 4.78 is 14.5. The standard InChI is InChI=1S/C10H19N3O2S/c1-3-5-11-10-9(12-13-16-10)8-15-7-6-14-4-2/h11H,3-8H2,1-2H3. The predicted molar refractivity (Wildman–Crippen MR) is 64.8 cm³/mol. The molecule has 0 saturated heterocycles. The fourth-order valence-corrected chi connectivity index (χ4v) is 1.70. The number of hydrogen-bond donors (Lipinski definition) is 1. The monoisotopic (exact) mass is 245 g/mol. The van der Waals surface area contributed by atoms with Crippen LogP contribution in [0.5, 0.6) is 0 Å². The Labute approximate surface area is 100 Å². The highest BCUT2D eigenvalue weighted by Gasteiger charge is 2.06. The molecule has 0 spiro atoms. The third kappa shape index (κ3) is 4.87. The number of hydrogen-bond acceptors (Lipinski definition) is 6. The normalized spacial score (nSPS) is 10.6. The van der Waals surface area contributed by atoms with Crippen LogP contribution in [-0.4, -0.2) is 36.0 Å². The van der Waals surface area contributed by atoms with Gasteiger partial charge >= 0.3 is 0 Å². The van der Waals surface area contributed by atoms with E-state index in [4.69, 9.17) is 9.47 Å². The molecule has 0 amide bonds. The summed E-state index contributed by atoms with van der Waals surface area (Å²) in [6, 6.07) is 0. The molecule has 5 nitrogen and oxygen atoms in total. The maximum atomic E-state index is 5.44. The highest BCUT2D eigenvalue weighted by molar-refractivity contribution is 7.10. The lowest BCUT2D eigenvalue weighted by molar-refractivity contribution is 0.0443. The van der Waals surface area contributed by atoms with Crippen molar-refractivity contribution >= 4 is 16.5 Å². The van der Waals surface area contributed by atoms with Gasteiger partial charge in [-0.05, 0) is 13.3 Å². The molecule has 0 atom stereocenters. The SMILES string of the molecule is CCCNc1snnc1COCCOCC. The van der Waals surface area contributed by atoms with Gasteiger partial charge in [0, 0.05) is 24.7 Å². The van der Waals surface area contributed by atoms with Gasteiger partial charge in [0.15, 0.2) is 0 Å². The summed E-state index contributed by atoms with van der Waals surface area (Å²) in [4.78, 5) is 0. The van der Waals surface area contributed by atoms with Gasteiger partial charge in [0.25, 0.3) is 0 Å². The van der Waals surface area contributed by atoms with Gasteiger partial charge in [0.2, 0.25) is 0 Å². The predicted octanol–water partition coefficient (Wildman–Crippen LogP) is 1.91. The summed E-state index contributed by atoms with van der Waals surface area (Å²) in [5, 5.41) is 8.32. The minimum Gasteiger partial charge on any atom is -0.379 e. The molecule has 0 fully saturated rings. The first kappa shape index (κ1) is 13.3. The van der Waals surface area contributed by atoms with E-state index < -0.39 is 0 Å². The van der Waals surface area contributed by atoms with Gasteiger partial charge in [-0.1, -0.05) is 11.4 Å². The second kappa shape index (κ2) is 8.43. The molecule has 1 N–H and O–H groups in total. The van der Waals surface area contributed by atoms with Gasteiger partial charge < -0.3 is 14.8 Å². The van der Waals surface area contributed by atoms with Crippen molar-refractivity contribution in [2.75, 3.05) is 31.7 Å². The molecule has 1 aromatic rings. The van der Waals surface area contributed by atoms with Gasteiger partial charge in [0.05, 0.1) is 19.8 Å². The molecule has 0 radical (unpaired) electrons. The lowest BCUT2D eigenvalue weighted by Gasteiger charge is -2.05. The van der Waals surface area contributed by atoms with Crippen molar-refractivity contribution in [2.45, 2.75) is 26.9 Å².